The number of hydrogen-bond donors (Lipinski definition) is 0. The molecule has 0 aliphatic carbocycles. The molecule has 1 saturated heterocycles. The van der Waals surface area contributed by atoms with Crippen molar-refractivity contribution in [3.63, 3.8) is 0 Å². The Balaban J connectivity index is 0.000000686. The minimum absolute atomic E-state index is 0.0975. The first-order valence-electron chi connectivity index (χ1n) is 5.96. The maximum Gasteiger partial charge on any atom is 0.163 e. The third kappa shape index (κ3) is 4.62. The van der Waals surface area contributed by atoms with E-state index >= 15 is 0 Å². The Hall–Kier alpha value is -0.640. The van der Waals surface area contributed by atoms with Crippen LogP contribution in [-0.4, -0.2) is 23.5 Å². The summed E-state index contributed by atoms with van der Waals surface area (Å²) in [5.41, 5.74) is 1.08. The molecule has 96 valence electrons. The normalized spacial score (nSPS) is 21.8. The Bertz CT molecular complexity index is 355. The molecule has 1 aliphatic heterocycles. The SMILES string of the molecule is CC.CC1(C)OC[C@@H](Cc2cncc(Cl)c2)O1. The molecule has 4 heteroatoms. The summed E-state index contributed by atoms with van der Waals surface area (Å²) in [5, 5.41) is 0.658. The number of aromatic nitrogens is 1. The molecule has 1 atom stereocenters. The molecule has 1 aliphatic rings. The van der Waals surface area contributed by atoms with Gasteiger partial charge in [-0.2, -0.15) is 0 Å². The van der Waals surface area contributed by atoms with Crippen LogP contribution in [0.15, 0.2) is 18.5 Å². The van der Waals surface area contributed by atoms with Crippen molar-refractivity contribution in [1.29, 1.82) is 0 Å². The molecular weight excluding hydrogens is 238 g/mol. The summed E-state index contributed by atoms with van der Waals surface area (Å²) in [6.07, 6.45) is 4.32. The molecule has 0 spiro atoms. The van der Waals surface area contributed by atoms with Gasteiger partial charge in [-0.1, -0.05) is 25.4 Å². The maximum atomic E-state index is 5.85. The van der Waals surface area contributed by atoms with Gasteiger partial charge in [0.15, 0.2) is 5.79 Å². The quantitative estimate of drug-likeness (QED) is 0.813. The number of rotatable bonds is 2. The molecule has 0 amide bonds. The lowest BCUT2D eigenvalue weighted by molar-refractivity contribution is -0.138. The van der Waals surface area contributed by atoms with E-state index < -0.39 is 5.79 Å². The molecule has 1 fully saturated rings. The zero-order chi connectivity index (χ0) is 12.9. The van der Waals surface area contributed by atoms with E-state index in [4.69, 9.17) is 21.1 Å². The molecule has 3 nitrogen and oxygen atoms in total. The number of nitrogens with zero attached hydrogens (tertiary/aromatic N) is 1. The average Bonchev–Trinajstić information content (AvgIpc) is 2.61. The average molecular weight is 258 g/mol. The molecular formula is C13H20ClNO2. The van der Waals surface area contributed by atoms with Gasteiger partial charge in [0.1, 0.15) is 0 Å². The predicted molar refractivity (Wildman–Crippen MR) is 69.2 cm³/mol. The number of hydrogen-bond acceptors (Lipinski definition) is 3. The predicted octanol–water partition coefficient (Wildman–Crippen LogP) is 3.46. The number of ether oxygens (including phenoxy) is 2. The summed E-state index contributed by atoms with van der Waals surface area (Å²) in [4.78, 5) is 4.03. The first kappa shape index (κ1) is 14.4. The second kappa shape index (κ2) is 6.34. The van der Waals surface area contributed by atoms with Crippen molar-refractivity contribution in [2.24, 2.45) is 0 Å². The van der Waals surface area contributed by atoms with Crippen LogP contribution in [0.1, 0.15) is 33.3 Å². The van der Waals surface area contributed by atoms with Gasteiger partial charge in [-0.15, -0.1) is 0 Å². The minimum Gasteiger partial charge on any atom is -0.348 e. The highest BCUT2D eigenvalue weighted by molar-refractivity contribution is 6.30. The molecule has 17 heavy (non-hydrogen) atoms. The zero-order valence-corrected chi connectivity index (χ0v) is 11.6. The van der Waals surface area contributed by atoms with Crippen molar-refractivity contribution in [2.45, 2.75) is 46.0 Å². The van der Waals surface area contributed by atoms with Crippen LogP contribution in [0.25, 0.3) is 0 Å². The van der Waals surface area contributed by atoms with Crippen molar-refractivity contribution in [1.82, 2.24) is 4.98 Å². The Morgan fingerprint density at radius 2 is 2.12 bits per heavy atom. The molecule has 0 bridgehead atoms. The van der Waals surface area contributed by atoms with Gasteiger partial charge in [0.2, 0.25) is 0 Å². The van der Waals surface area contributed by atoms with E-state index in [9.17, 15) is 0 Å². The second-order valence-electron chi connectivity index (χ2n) is 4.17. The smallest absolute Gasteiger partial charge is 0.163 e. The molecule has 0 N–H and O–H groups in total. The molecule has 0 radical (unpaired) electrons. The summed E-state index contributed by atoms with van der Waals surface area (Å²) in [6.45, 7) is 8.46. The van der Waals surface area contributed by atoms with Crippen molar-refractivity contribution in [2.75, 3.05) is 6.61 Å². The second-order valence-corrected chi connectivity index (χ2v) is 4.60. The summed E-state index contributed by atoms with van der Waals surface area (Å²) in [6, 6.07) is 1.91. The zero-order valence-electron chi connectivity index (χ0n) is 10.9. The van der Waals surface area contributed by atoms with Gasteiger partial charge in [-0.3, -0.25) is 4.98 Å². The van der Waals surface area contributed by atoms with Gasteiger partial charge in [-0.25, -0.2) is 0 Å². The largest absolute Gasteiger partial charge is 0.348 e. The summed E-state index contributed by atoms with van der Waals surface area (Å²) >= 11 is 5.85. The Morgan fingerprint density at radius 3 is 2.65 bits per heavy atom. The van der Waals surface area contributed by atoms with Crippen molar-refractivity contribution in [3.8, 4) is 0 Å². The molecule has 2 rings (SSSR count). The fourth-order valence-electron chi connectivity index (χ4n) is 1.69. The van der Waals surface area contributed by atoms with E-state index in [1.165, 1.54) is 0 Å². The fraction of sp³-hybridized carbons (Fsp3) is 0.615. The van der Waals surface area contributed by atoms with E-state index in [1.807, 2.05) is 33.8 Å². The van der Waals surface area contributed by atoms with E-state index in [2.05, 4.69) is 4.98 Å². The van der Waals surface area contributed by atoms with E-state index in [0.29, 0.717) is 11.6 Å². The molecule has 0 unspecified atom stereocenters. The third-order valence-corrected chi connectivity index (χ3v) is 2.50. The Labute approximate surface area is 108 Å². The van der Waals surface area contributed by atoms with Crippen LogP contribution < -0.4 is 0 Å². The van der Waals surface area contributed by atoms with Crippen LogP contribution >= 0.6 is 11.6 Å². The van der Waals surface area contributed by atoms with Crippen LogP contribution in [0.3, 0.4) is 0 Å². The molecule has 0 saturated carbocycles. The lowest BCUT2D eigenvalue weighted by Gasteiger charge is -2.16. The van der Waals surface area contributed by atoms with Crippen molar-refractivity contribution in [3.05, 3.63) is 29.0 Å². The van der Waals surface area contributed by atoms with Crippen LogP contribution in [0.5, 0.6) is 0 Å². The first-order valence-corrected chi connectivity index (χ1v) is 6.34. The van der Waals surface area contributed by atoms with Crippen LogP contribution in [-0.2, 0) is 15.9 Å². The highest BCUT2D eigenvalue weighted by atomic mass is 35.5. The molecule has 2 heterocycles. The van der Waals surface area contributed by atoms with E-state index in [-0.39, 0.29) is 6.10 Å². The van der Waals surface area contributed by atoms with Gasteiger partial charge in [0.25, 0.3) is 0 Å². The van der Waals surface area contributed by atoms with Crippen LogP contribution in [0, 0.1) is 0 Å². The van der Waals surface area contributed by atoms with E-state index in [1.54, 1.807) is 12.4 Å². The highest BCUT2D eigenvalue weighted by Crippen LogP contribution is 2.24. The number of halogens is 1. The van der Waals surface area contributed by atoms with Crippen molar-refractivity contribution >= 4 is 11.6 Å². The Kier molecular flexibility index (Phi) is 5.37. The summed E-state index contributed by atoms with van der Waals surface area (Å²) in [5.74, 6) is -0.462. The molecule has 1 aromatic rings. The van der Waals surface area contributed by atoms with Gasteiger partial charge >= 0.3 is 0 Å². The van der Waals surface area contributed by atoms with Crippen molar-refractivity contribution < 1.29 is 9.47 Å². The highest BCUT2D eigenvalue weighted by Gasteiger charge is 2.32. The van der Waals surface area contributed by atoms with E-state index in [0.717, 1.165) is 12.0 Å². The fourth-order valence-corrected chi connectivity index (χ4v) is 1.89. The first-order chi connectivity index (χ1) is 8.05. The topological polar surface area (TPSA) is 31.4 Å². The number of pyridine rings is 1. The maximum absolute atomic E-state index is 5.85. The van der Waals surface area contributed by atoms with Crippen LogP contribution in [0.4, 0.5) is 0 Å². The molecule has 0 aromatic carbocycles. The summed E-state index contributed by atoms with van der Waals surface area (Å²) in [7, 11) is 0. The third-order valence-electron chi connectivity index (χ3n) is 2.29. The van der Waals surface area contributed by atoms with Gasteiger partial charge < -0.3 is 9.47 Å². The lowest BCUT2D eigenvalue weighted by Crippen LogP contribution is -2.22. The summed E-state index contributed by atoms with van der Waals surface area (Å²) < 4.78 is 11.2. The minimum atomic E-state index is -0.462. The molecule has 1 aromatic heterocycles. The van der Waals surface area contributed by atoms with Crippen LogP contribution in [0.2, 0.25) is 5.02 Å². The monoisotopic (exact) mass is 257 g/mol. The van der Waals surface area contributed by atoms with Gasteiger partial charge in [0, 0.05) is 18.8 Å². The Morgan fingerprint density at radius 1 is 1.41 bits per heavy atom. The van der Waals surface area contributed by atoms with Gasteiger partial charge in [-0.05, 0) is 25.5 Å². The standard InChI is InChI=1S/C11H14ClNO2.C2H6/c1-11(2)14-7-10(15-11)4-8-3-9(12)6-13-5-8;1-2/h3,5-6,10H,4,7H2,1-2H3;1-2H3/t10-;/m1./s1. The lowest BCUT2D eigenvalue weighted by atomic mass is 10.1. The van der Waals surface area contributed by atoms with Gasteiger partial charge in [0.05, 0.1) is 17.7 Å².